The van der Waals surface area contributed by atoms with Crippen molar-refractivity contribution in [3.63, 3.8) is 0 Å². The Morgan fingerprint density at radius 1 is 1.15 bits per heavy atom. The molecule has 2 heterocycles. The molecule has 1 aromatic carbocycles. The Morgan fingerprint density at radius 3 is 2.46 bits per heavy atom. The molecule has 0 saturated carbocycles. The summed E-state index contributed by atoms with van der Waals surface area (Å²) in [4.78, 5) is 42.7. The molecule has 1 unspecified atom stereocenters. The lowest BCUT2D eigenvalue weighted by atomic mass is 10.0. The number of nitrogens with zero attached hydrogens (tertiary/aromatic N) is 3. The molecule has 0 bridgehead atoms. The molecule has 6 heteroatoms. The third-order valence-corrected chi connectivity index (χ3v) is 5.25. The van der Waals surface area contributed by atoms with Gasteiger partial charge in [-0.15, -0.1) is 0 Å². The molecule has 2 fully saturated rings. The van der Waals surface area contributed by atoms with E-state index >= 15 is 0 Å². The van der Waals surface area contributed by atoms with Crippen LogP contribution in [0.3, 0.4) is 0 Å². The Kier molecular flexibility index (Phi) is 5.11. The summed E-state index contributed by atoms with van der Waals surface area (Å²) in [5.41, 5.74) is 1.97. The van der Waals surface area contributed by atoms with Gasteiger partial charge in [0.2, 0.25) is 17.7 Å². The highest BCUT2D eigenvalue weighted by atomic mass is 16.2. The summed E-state index contributed by atoms with van der Waals surface area (Å²) in [5, 5.41) is 0. The van der Waals surface area contributed by atoms with Gasteiger partial charge in [0.1, 0.15) is 5.92 Å². The number of hydrogen-bond acceptors (Lipinski definition) is 3. The maximum atomic E-state index is 13.0. The van der Waals surface area contributed by atoms with E-state index in [1.54, 1.807) is 14.7 Å². The lowest BCUT2D eigenvalue weighted by Crippen LogP contribution is -2.57. The highest BCUT2D eigenvalue weighted by Crippen LogP contribution is 2.28. The molecule has 3 rings (SSSR count). The second-order valence-corrected chi connectivity index (χ2v) is 7.04. The maximum absolute atomic E-state index is 13.0. The first kappa shape index (κ1) is 18.2. The van der Waals surface area contributed by atoms with Gasteiger partial charge in [0.05, 0.1) is 0 Å². The van der Waals surface area contributed by atoms with Crippen LogP contribution >= 0.6 is 0 Å². The van der Waals surface area contributed by atoms with E-state index in [4.69, 9.17) is 0 Å². The zero-order valence-corrected chi connectivity index (χ0v) is 15.4. The van der Waals surface area contributed by atoms with Crippen LogP contribution in [0.5, 0.6) is 0 Å². The third kappa shape index (κ3) is 3.36. The second-order valence-electron chi connectivity index (χ2n) is 7.04. The zero-order valence-electron chi connectivity index (χ0n) is 15.4. The fourth-order valence-electron chi connectivity index (χ4n) is 3.70. The van der Waals surface area contributed by atoms with Crippen LogP contribution in [0.15, 0.2) is 36.9 Å². The van der Waals surface area contributed by atoms with Crippen molar-refractivity contribution in [2.45, 2.75) is 26.3 Å². The van der Waals surface area contributed by atoms with Crippen LogP contribution in [-0.4, -0.2) is 59.7 Å². The molecule has 0 aromatic heterocycles. The van der Waals surface area contributed by atoms with Crippen molar-refractivity contribution in [2.75, 3.05) is 31.1 Å². The van der Waals surface area contributed by atoms with Gasteiger partial charge < -0.3 is 14.7 Å². The molecule has 0 spiro atoms. The molecule has 138 valence electrons. The predicted octanol–water partition coefficient (Wildman–Crippen LogP) is 1.59. The SMILES string of the molecule is C=CC(=O)N1CCN(C(=O)C2CCN(c3ccc(C)cc3)C2=O)[C@@H](C)C1. The van der Waals surface area contributed by atoms with E-state index in [1.807, 2.05) is 38.1 Å². The van der Waals surface area contributed by atoms with Crippen molar-refractivity contribution in [2.24, 2.45) is 5.92 Å². The third-order valence-electron chi connectivity index (χ3n) is 5.25. The van der Waals surface area contributed by atoms with Crippen molar-refractivity contribution < 1.29 is 14.4 Å². The second kappa shape index (κ2) is 7.32. The number of piperazine rings is 1. The minimum absolute atomic E-state index is 0.110. The van der Waals surface area contributed by atoms with Gasteiger partial charge in [-0.25, -0.2) is 0 Å². The standard InChI is InChI=1S/C20H25N3O3/c1-4-18(24)21-11-12-22(15(3)13-21)19(25)17-9-10-23(20(17)26)16-7-5-14(2)6-8-16/h4-8,15,17H,1,9-13H2,2-3H3/t15-,17?/m0/s1. The number of amides is 3. The quantitative estimate of drug-likeness (QED) is 0.611. The number of rotatable bonds is 3. The number of benzene rings is 1. The van der Waals surface area contributed by atoms with Crippen molar-refractivity contribution in [3.05, 3.63) is 42.5 Å². The first-order valence-electron chi connectivity index (χ1n) is 9.02. The van der Waals surface area contributed by atoms with Crippen LogP contribution in [0, 0.1) is 12.8 Å². The Morgan fingerprint density at radius 2 is 1.85 bits per heavy atom. The van der Waals surface area contributed by atoms with E-state index in [2.05, 4.69) is 6.58 Å². The van der Waals surface area contributed by atoms with E-state index in [-0.39, 0.29) is 23.8 Å². The largest absolute Gasteiger partial charge is 0.336 e. The Hall–Kier alpha value is -2.63. The van der Waals surface area contributed by atoms with Gasteiger partial charge in [0.25, 0.3) is 0 Å². The molecule has 0 radical (unpaired) electrons. The molecule has 3 amide bonds. The van der Waals surface area contributed by atoms with Gasteiger partial charge in [0, 0.05) is 37.9 Å². The average Bonchev–Trinajstić information content (AvgIpc) is 3.02. The highest BCUT2D eigenvalue weighted by Gasteiger charge is 2.41. The first-order chi connectivity index (χ1) is 12.4. The summed E-state index contributed by atoms with van der Waals surface area (Å²) in [7, 11) is 0. The van der Waals surface area contributed by atoms with Gasteiger partial charge >= 0.3 is 0 Å². The zero-order chi connectivity index (χ0) is 18.8. The first-order valence-corrected chi connectivity index (χ1v) is 9.02. The van der Waals surface area contributed by atoms with Crippen molar-refractivity contribution in [3.8, 4) is 0 Å². The molecule has 2 atom stereocenters. The Balaban J connectivity index is 1.67. The van der Waals surface area contributed by atoms with Crippen molar-refractivity contribution in [1.82, 2.24) is 9.80 Å². The summed E-state index contributed by atoms with van der Waals surface area (Å²) >= 11 is 0. The average molecular weight is 355 g/mol. The predicted molar refractivity (Wildman–Crippen MR) is 99.6 cm³/mol. The number of carbonyl (C=O) groups is 3. The molecule has 2 aliphatic rings. The molecule has 26 heavy (non-hydrogen) atoms. The van der Waals surface area contributed by atoms with Crippen LogP contribution in [0.4, 0.5) is 5.69 Å². The van der Waals surface area contributed by atoms with E-state index < -0.39 is 5.92 Å². The van der Waals surface area contributed by atoms with E-state index in [9.17, 15) is 14.4 Å². The monoisotopic (exact) mass is 355 g/mol. The van der Waals surface area contributed by atoms with Gasteiger partial charge in [-0.3, -0.25) is 14.4 Å². The summed E-state index contributed by atoms with van der Waals surface area (Å²) < 4.78 is 0. The molecule has 0 aliphatic carbocycles. The summed E-state index contributed by atoms with van der Waals surface area (Å²) in [6, 6.07) is 7.66. The number of aryl methyl sites for hydroxylation is 1. The summed E-state index contributed by atoms with van der Waals surface area (Å²) in [5.74, 6) is -0.995. The van der Waals surface area contributed by atoms with Crippen molar-refractivity contribution >= 4 is 23.4 Å². The number of carbonyl (C=O) groups excluding carboxylic acids is 3. The van der Waals surface area contributed by atoms with Gasteiger partial charge in [0.15, 0.2) is 0 Å². The Bertz CT molecular complexity index is 728. The van der Waals surface area contributed by atoms with Crippen LogP contribution in [-0.2, 0) is 14.4 Å². The van der Waals surface area contributed by atoms with Crippen LogP contribution in [0.2, 0.25) is 0 Å². The molecule has 6 nitrogen and oxygen atoms in total. The molecule has 2 aliphatic heterocycles. The fraction of sp³-hybridized carbons (Fsp3) is 0.450. The summed E-state index contributed by atoms with van der Waals surface area (Å²) in [6.07, 6.45) is 1.83. The Labute approximate surface area is 154 Å². The highest BCUT2D eigenvalue weighted by molar-refractivity contribution is 6.09. The molecule has 1 aromatic rings. The maximum Gasteiger partial charge on any atom is 0.246 e. The van der Waals surface area contributed by atoms with Gasteiger partial charge in [-0.1, -0.05) is 24.3 Å². The van der Waals surface area contributed by atoms with E-state index in [1.165, 1.54) is 6.08 Å². The van der Waals surface area contributed by atoms with Crippen LogP contribution < -0.4 is 4.90 Å². The summed E-state index contributed by atoms with van der Waals surface area (Å²) in [6.45, 7) is 9.38. The van der Waals surface area contributed by atoms with E-state index in [0.29, 0.717) is 32.6 Å². The van der Waals surface area contributed by atoms with Gasteiger partial charge in [-0.2, -0.15) is 0 Å². The van der Waals surface area contributed by atoms with Crippen LogP contribution in [0.1, 0.15) is 18.9 Å². The van der Waals surface area contributed by atoms with Gasteiger partial charge in [-0.05, 0) is 38.5 Å². The molecule has 2 saturated heterocycles. The normalized spacial score (nSPS) is 23.3. The molecule has 0 N–H and O–H groups in total. The van der Waals surface area contributed by atoms with Crippen LogP contribution in [0.25, 0.3) is 0 Å². The lowest BCUT2D eigenvalue weighted by molar-refractivity contribution is -0.146. The van der Waals surface area contributed by atoms with Crippen molar-refractivity contribution in [1.29, 1.82) is 0 Å². The number of hydrogen-bond donors (Lipinski definition) is 0. The lowest BCUT2D eigenvalue weighted by Gasteiger charge is -2.40. The smallest absolute Gasteiger partial charge is 0.246 e. The van der Waals surface area contributed by atoms with E-state index in [0.717, 1.165) is 11.3 Å². The topological polar surface area (TPSA) is 60.9 Å². The molecular formula is C20H25N3O3. The minimum atomic E-state index is -0.625. The minimum Gasteiger partial charge on any atom is -0.336 e. The number of anilines is 1. The molecular weight excluding hydrogens is 330 g/mol. The fourth-order valence-corrected chi connectivity index (χ4v) is 3.70.